The summed E-state index contributed by atoms with van der Waals surface area (Å²) in [5.41, 5.74) is 3.73. The molecule has 1 atom stereocenters. The van der Waals surface area contributed by atoms with Crippen molar-refractivity contribution in [2.45, 2.75) is 162 Å². The molecule has 0 N–H and O–H groups in total. The lowest BCUT2D eigenvalue weighted by atomic mass is 10.0. The molecule has 2 rings (SSSR count). The van der Waals surface area contributed by atoms with Gasteiger partial charge in [0.25, 0.3) is 0 Å². The van der Waals surface area contributed by atoms with Crippen molar-refractivity contribution in [1.82, 2.24) is 0 Å². The minimum Gasteiger partial charge on any atom is -0.494 e. The minimum atomic E-state index is 0.147. The predicted octanol–water partition coefficient (Wildman–Crippen LogP) is 13.0. The van der Waals surface area contributed by atoms with E-state index in [-0.39, 0.29) is 6.10 Å². The zero-order chi connectivity index (χ0) is 29.2. The largest absolute Gasteiger partial charge is 0.494 e. The van der Waals surface area contributed by atoms with Gasteiger partial charge < -0.3 is 9.47 Å². The van der Waals surface area contributed by atoms with Crippen LogP contribution in [0.3, 0.4) is 0 Å². The third-order valence-corrected chi connectivity index (χ3v) is 8.45. The minimum absolute atomic E-state index is 0.147. The number of ether oxygens (including phenoxy) is 2. The molecule has 0 saturated carbocycles. The third-order valence-electron chi connectivity index (χ3n) is 8.45. The number of benzene rings is 2. The lowest BCUT2D eigenvalue weighted by Crippen LogP contribution is -2.01. The van der Waals surface area contributed by atoms with Crippen molar-refractivity contribution in [2.75, 3.05) is 13.2 Å². The number of hydrogen-bond acceptors (Lipinski definition) is 2. The van der Waals surface area contributed by atoms with Gasteiger partial charge in [0.05, 0.1) is 12.7 Å². The highest BCUT2D eigenvalue weighted by atomic mass is 16.5. The second-order valence-electron chi connectivity index (χ2n) is 12.2. The molecule has 41 heavy (non-hydrogen) atoms. The van der Waals surface area contributed by atoms with E-state index in [1.807, 2.05) is 0 Å². The van der Waals surface area contributed by atoms with E-state index in [1.54, 1.807) is 0 Å². The number of hydrogen-bond donors (Lipinski definition) is 0. The fourth-order valence-electron chi connectivity index (χ4n) is 5.59. The van der Waals surface area contributed by atoms with Crippen molar-refractivity contribution in [1.29, 1.82) is 0 Å². The molecule has 2 heteroatoms. The highest BCUT2D eigenvalue weighted by Crippen LogP contribution is 2.26. The monoisotopic (exact) mass is 564 g/mol. The van der Waals surface area contributed by atoms with Gasteiger partial charge in [0, 0.05) is 6.61 Å². The van der Waals surface area contributed by atoms with Gasteiger partial charge >= 0.3 is 0 Å². The second-order valence-corrected chi connectivity index (χ2v) is 12.2. The van der Waals surface area contributed by atoms with Crippen molar-refractivity contribution in [3.63, 3.8) is 0 Å². The van der Waals surface area contributed by atoms with E-state index in [2.05, 4.69) is 69.3 Å². The van der Waals surface area contributed by atoms with E-state index < -0.39 is 0 Å². The highest BCUT2D eigenvalue weighted by molar-refractivity contribution is 5.64. The van der Waals surface area contributed by atoms with Gasteiger partial charge in [-0.05, 0) is 48.6 Å². The van der Waals surface area contributed by atoms with Crippen molar-refractivity contribution < 1.29 is 9.47 Å². The smallest absolute Gasteiger partial charge is 0.119 e. The van der Waals surface area contributed by atoms with E-state index in [9.17, 15) is 0 Å². The molecule has 232 valence electrons. The quantitative estimate of drug-likeness (QED) is 0.100. The molecule has 0 saturated heterocycles. The van der Waals surface area contributed by atoms with Gasteiger partial charge in [-0.2, -0.15) is 0 Å². The van der Waals surface area contributed by atoms with Gasteiger partial charge in [0.1, 0.15) is 5.75 Å². The fraction of sp³-hybridized carbons (Fsp3) is 0.692. The van der Waals surface area contributed by atoms with Crippen molar-refractivity contribution in [3.05, 3.63) is 54.1 Å². The Morgan fingerprint density at radius 1 is 0.439 bits per heavy atom. The summed E-state index contributed by atoms with van der Waals surface area (Å²) in [6, 6.07) is 17.4. The van der Waals surface area contributed by atoms with Crippen LogP contribution in [0, 0.1) is 0 Å². The Morgan fingerprint density at radius 2 is 0.805 bits per heavy atom. The van der Waals surface area contributed by atoms with Crippen LogP contribution in [0.25, 0.3) is 11.1 Å². The molecule has 1 unspecified atom stereocenters. The average molecular weight is 565 g/mol. The molecule has 0 radical (unpaired) electrons. The van der Waals surface area contributed by atoms with Crippen molar-refractivity contribution >= 4 is 0 Å². The lowest BCUT2D eigenvalue weighted by Gasteiger charge is -2.14. The van der Waals surface area contributed by atoms with Crippen molar-refractivity contribution in [2.24, 2.45) is 0 Å². The third kappa shape index (κ3) is 17.7. The maximum Gasteiger partial charge on any atom is 0.119 e. The average Bonchev–Trinajstić information content (AvgIpc) is 3.00. The molecule has 0 heterocycles. The lowest BCUT2D eigenvalue weighted by molar-refractivity contribution is 0.0627. The van der Waals surface area contributed by atoms with E-state index in [0.29, 0.717) is 0 Å². The Balaban J connectivity index is 1.52. The molecule has 0 amide bonds. The standard InChI is InChI=1S/C39H64O2/c1-4-6-8-10-12-14-15-16-18-20-22-24-34-41-39-31-29-38(30-32-39)37-27-25-36(26-28-37)35(3)40-33-23-21-19-17-13-11-9-7-5-2/h25-32,35H,4-24,33-34H2,1-3H3. The van der Waals surface area contributed by atoms with Crippen LogP contribution in [0.1, 0.15) is 167 Å². The van der Waals surface area contributed by atoms with Gasteiger partial charge in [-0.3, -0.25) is 0 Å². The van der Waals surface area contributed by atoms with Gasteiger partial charge in [0.2, 0.25) is 0 Å². The summed E-state index contributed by atoms with van der Waals surface area (Å²) in [6.07, 6.45) is 28.8. The van der Waals surface area contributed by atoms with E-state index in [0.717, 1.165) is 25.4 Å². The maximum atomic E-state index is 6.13. The van der Waals surface area contributed by atoms with E-state index >= 15 is 0 Å². The van der Waals surface area contributed by atoms with E-state index in [1.165, 1.54) is 145 Å². The first kappa shape index (κ1) is 35.4. The molecule has 0 bridgehead atoms. The van der Waals surface area contributed by atoms with Crippen LogP contribution in [0.2, 0.25) is 0 Å². The SMILES string of the molecule is CCCCCCCCCCCCCCOc1ccc(-c2ccc(C(C)OCCCCCCCCCCC)cc2)cc1. The molecule has 0 spiro atoms. The van der Waals surface area contributed by atoms with Gasteiger partial charge in [0.15, 0.2) is 0 Å². The summed E-state index contributed by atoms with van der Waals surface area (Å²) in [6.45, 7) is 8.43. The molecule has 2 aromatic rings. The van der Waals surface area contributed by atoms with Gasteiger partial charge in [-0.15, -0.1) is 0 Å². The first-order chi connectivity index (χ1) is 20.2. The summed E-state index contributed by atoms with van der Waals surface area (Å²) in [5, 5.41) is 0. The van der Waals surface area contributed by atoms with Crippen LogP contribution >= 0.6 is 0 Å². The maximum absolute atomic E-state index is 6.13. The van der Waals surface area contributed by atoms with Crippen LogP contribution in [-0.4, -0.2) is 13.2 Å². The molecule has 2 nitrogen and oxygen atoms in total. The predicted molar refractivity (Wildman–Crippen MR) is 180 cm³/mol. The summed E-state index contributed by atoms with van der Waals surface area (Å²) in [7, 11) is 0. The summed E-state index contributed by atoms with van der Waals surface area (Å²) < 4.78 is 12.1. The first-order valence-corrected chi connectivity index (χ1v) is 17.7. The highest BCUT2D eigenvalue weighted by Gasteiger charge is 2.07. The second kappa shape index (κ2) is 24.8. The molecular weight excluding hydrogens is 500 g/mol. The zero-order valence-corrected chi connectivity index (χ0v) is 27.3. The molecule has 0 aromatic heterocycles. The fourth-order valence-corrected chi connectivity index (χ4v) is 5.59. The summed E-state index contributed by atoms with van der Waals surface area (Å²) in [4.78, 5) is 0. The van der Waals surface area contributed by atoms with Crippen LogP contribution in [-0.2, 0) is 4.74 Å². The van der Waals surface area contributed by atoms with E-state index in [4.69, 9.17) is 9.47 Å². The van der Waals surface area contributed by atoms with Crippen LogP contribution in [0.4, 0.5) is 0 Å². The molecule has 0 aliphatic rings. The van der Waals surface area contributed by atoms with Crippen LogP contribution < -0.4 is 4.74 Å². The molecule has 0 aliphatic carbocycles. The molecule has 0 aliphatic heterocycles. The summed E-state index contributed by atoms with van der Waals surface area (Å²) in [5.74, 6) is 0.979. The van der Waals surface area contributed by atoms with Crippen LogP contribution in [0.5, 0.6) is 5.75 Å². The normalized spacial score (nSPS) is 12.1. The van der Waals surface area contributed by atoms with Crippen molar-refractivity contribution in [3.8, 4) is 16.9 Å². The Bertz CT molecular complexity index is 826. The summed E-state index contributed by atoms with van der Waals surface area (Å²) >= 11 is 0. The Labute approximate surface area is 255 Å². The molecular formula is C39H64O2. The van der Waals surface area contributed by atoms with Gasteiger partial charge in [-0.1, -0.05) is 172 Å². The first-order valence-electron chi connectivity index (χ1n) is 17.7. The molecule has 0 fully saturated rings. The van der Waals surface area contributed by atoms with Crippen LogP contribution in [0.15, 0.2) is 48.5 Å². The Morgan fingerprint density at radius 3 is 1.24 bits per heavy atom. The Kier molecular flexibility index (Phi) is 21.4. The van der Waals surface area contributed by atoms with Gasteiger partial charge in [-0.25, -0.2) is 0 Å². The molecule has 2 aromatic carbocycles. The number of rotatable bonds is 27. The number of unbranched alkanes of at least 4 members (excludes halogenated alkanes) is 19. The topological polar surface area (TPSA) is 18.5 Å². The zero-order valence-electron chi connectivity index (χ0n) is 27.3. The Hall–Kier alpha value is -1.80.